The van der Waals surface area contributed by atoms with Gasteiger partial charge in [-0.2, -0.15) is 0 Å². The van der Waals surface area contributed by atoms with Crippen LogP contribution in [0.15, 0.2) is 60.7 Å². The minimum Gasteiger partial charge on any atom is -0.506 e. The van der Waals surface area contributed by atoms with Crippen LogP contribution in [0.1, 0.15) is 84.4 Å². The van der Waals surface area contributed by atoms with Gasteiger partial charge in [0.1, 0.15) is 22.6 Å². The third kappa shape index (κ3) is 3.45. The van der Waals surface area contributed by atoms with E-state index in [0.29, 0.717) is 0 Å². The van der Waals surface area contributed by atoms with Gasteiger partial charge in [0.05, 0.1) is 14.2 Å². The Kier molecular flexibility index (Phi) is 5.86. The van der Waals surface area contributed by atoms with Gasteiger partial charge in [0.15, 0.2) is 23.1 Å². The molecule has 0 atom stereocenters. The van der Waals surface area contributed by atoms with Crippen molar-refractivity contribution in [3.63, 3.8) is 0 Å². The fourth-order valence-corrected chi connectivity index (χ4v) is 5.51. The van der Waals surface area contributed by atoms with Gasteiger partial charge in [0, 0.05) is 55.6 Å². The lowest BCUT2D eigenvalue weighted by atomic mass is 9.74. The lowest BCUT2D eigenvalue weighted by molar-refractivity contribution is 0.0587. The molecule has 10 nitrogen and oxygen atoms in total. The number of hydrogen-bond donors (Lipinski definition) is 2. The monoisotopic (exact) mass is 562 g/mol. The number of esters is 2. The Hall–Kier alpha value is -5.90. The number of ketones is 4. The van der Waals surface area contributed by atoms with Crippen LogP contribution in [0.3, 0.4) is 0 Å². The molecule has 2 aliphatic rings. The number of carbonyl (C=O) groups excluding carboxylic acids is 6. The Bertz CT molecular complexity index is 1840. The number of phenols is 2. The largest absolute Gasteiger partial charge is 0.506 e. The quantitative estimate of drug-likeness (QED) is 0.303. The van der Waals surface area contributed by atoms with E-state index in [1.54, 1.807) is 12.1 Å². The van der Waals surface area contributed by atoms with E-state index in [0.717, 1.165) is 26.4 Å². The zero-order chi connectivity index (χ0) is 30.0. The molecule has 6 rings (SSSR count). The van der Waals surface area contributed by atoms with Gasteiger partial charge in [-0.1, -0.05) is 48.5 Å². The summed E-state index contributed by atoms with van der Waals surface area (Å²) in [4.78, 5) is 80.7. The van der Waals surface area contributed by atoms with Gasteiger partial charge in [-0.3, -0.25) is 19.2 Å². The maximum atomic E-state index is 13.9. The molecule has 0 saturated heterocycles. The zero-order valence-electron chi connectivity index (χ0n) is 21.9. The zero-order valence-corrected chi connectivity index (χ0v) is 21.9. The van der Waals surface area contributed by atoms with Gasteiger partial charge in [0.2, 0.25) is 0 Å². The van der Waals surface area contributed by atoms with E-state index in [-0.39, 0.29) is 33.4 Å². The van der Waals surface area contributed by atoms with Crippen molar-refractivity contribution in [3.05, 3.63) is 116 Å². The second kappa shape index (κ2) is 9.34. The Labute approximate surface area is 236 Å². The summed E-state index contributed by atoms with van der Waals surface area (Å²) in [6.07, 6.45) is 0. The first-order chi connectivity index (χ1) is 20.1. The summed E-state index contributed by atoms with van der Waals surface area (Å²) in [6, 6.07) is 13.7. The van der Waals surface area contributed by atoms with Crippen LogP contribution in [0.2, 0.25) is 0 Å². The van der Waals surface area contributed by atoms with Crippen molar-refractivity contribution in [1.82, 2.24) is 0 Å². The topological polar surface area (TPSA) is 161 Å². The number of ether oxygens (including phenoxy) is 2. The summed E-state index contributed by atoms with van der Waals surface area (Å²) < 4.78 is 9.57. The van der Waals surface area contributed by atoms with Gasteiger partial charge in [-0.05, 0) is 12.1 Å². The van der Waals surface area contributed by atoms with Gasteiger partial charge < -0.3 is 19.7 Å². The normalized spacial score (nSPS) is 13.1. The lowest BCUT2D eigenvalue weighted by Crippen LogP contribution is -2.25. The Balaban J connectivity index is 1.82. The van der Waals surface area contributed by atoms with Crippen molar-refractivity contribution < 1.29 is 48.5 Å². The van der Waals surface area contributed by atoms with Crippen molar-refractivity contribution in [2.45, 2.75) is 0 Å². The first-order valence-electron chi connectivity index (χ1n) is 12.5. The van der Waals surface area contributed by atoms with E-state index < -0.39 is 80.0 Å². The molecule has 0 spiro atoms. The average Bonchev–Trinajstić information content (AvgIpc) is 3.01. The highest BCUT2D eigenvalue weighted by Gasteiger charge is 2.41. The number of hydrogen-bond acceptors (Lipinski definition) is 10. The molecule has 4 aromatic rings. The van der Waals surface area contributed by atoms with E-state index >= 15 is 0 Å². The number of phenolic OH excluding ortho intramolecular Hbond substituents is 2. The highest BCUT2D eigenvalue weighted by Crippen LogP contribution is 2.50. The molecule has 0 aliphatic heterocycles. The predicted molar refractivity (Wildman–Crippen MR) is 145 cm³/mol. The van der Waals surface area contributed by atoms with E-state index in [1.165, 1.54) is 36.4 Å². The van der Waals surface area contributed by atoms with Crippen molar-refractivity contribution in [1.29, 1.82) is 0 Å². The Morgan fingerprint density at radius 1 is 0.500 bits per heavy atom. The summed E-state index contributed by atoms with van der Waals surface area (Å²) in [5, 5.41) is 23.0. The maximum absolute atomic E-state index is 13.9. The molecule has 10 heteroatoms. The van der Waals surface area contributed by atoms with Gasteiger partial charge in [0.25, 0.3) is 0 Å². The first-order valence-corrected chi connectivity index (χ1v) is 12.5. The Morgan fingerprint density at radius 3 is 1.12 bits per heavy atom. The van der Waals surface area contributed by atoms with Crippen LogP contribution in [-0.4, -0.2) is 59.5 Å². The number of aromatic hydroxyl groups is 2. The van der Waals surface area contributed by atoms with Gasteiger partial charge >= 0.3 is 11.9 Å². The second-order valence-corrected chi connectivity index (χ2v) is 9.53. The SMILES string of the molecule is COC(=O)c1cc2c(c(-c3c(O)c(C(=O)OC)cc4c3C(=O)c3ccccc3C4=O)c1O)C(=O)c1ccccc1C2=O. The molecule has 0 saturated carbocycles. The van der Waals surface area contributed by atoms with Crippen molar-refractivity contribution >= 4 is 35.1 Å². The third-order valence-electron chi connectivity index (χ3n) is 7.44. The molecule has 0 heterocycles. The Morgan fingerprint density at radius 2 is 0.810 bits per heavy atom. The molecular weight excluding hydrogens is 544 g/mol. The van der Waals surface area contributed by atoms with E-state index in [2.05, 4.69) is 0 Å². The fraction of sp³-hybridized carbons (Fsp3) is 0.0625. The van der Waals surface area contributed by atoms with E-state index in [1.807, 2.05) is 0 Å². The molecule has 42 heavy (non-hydrogen) atoms. The standard InChI is InChI=1S/C32H18O10/c1-41-31(39)19-11-17-21(27(35)15-9-5-3-7-13(15)25(17)33)23(29(19)37)24-22-18(12-20(30(24)38)32(40)42-2)26(34)14-8-4-6-10-16(14)28(22)36/h3-12,37-38H,1-2H3. The number of benzene rings is 4. The summed E-state index contributed by atoms with van der Waals surface area (Å²) in [6.45, 7) is 0. The molecule has 0 radical (unpaired) electrons. The average molecular weight is 562 g/mol. The first kappa shape index (κ1) is 26.3. The van der Waals surface area contributed by atoms with Crippen molar-refractivity contribution in [2.75, 3.05) is 14.2 Å². The van der Waals surface area contributed by atoms with Crippen molar-refractivity contribution in [3.8, 4) is 22.6 Å². The molecular formula is C32H18O10. The highest BCUT2D eigenvalue weighted by atomic mass is 16.5. The molecule has 0 unspecified atom stereocenters. The predicted octanol–water partition coefficient (Wildman–Crippen LogP) is 3.89. The molecule has 0 bridgehead atoms. The lowest BCUT2D eigenvalue weighted by Gasteiger charge is -2.26. The van der Waals surface area contributed by atoms with Crippen LogP contribution >= 0.6 is 0 Å². The third-order valence-corrected chi connectivity index (χ3v) is 7.44. The number of rotatable bonds is 3. The molecule has 0 amide bonds. The smallest absolute Gasteiger partial charge is 0.341 e. The highest BCUT2D eigenvalue weighted by molar-refractivity contribution is 6.34. The van der Waals surface area contributed by atoms with E-state index in [9.17, 15) is 39.0 Å². The van der Waals surface area contributed by atoms with Crippen LogP contribution in [-0.2, 0) is 9.47 Å². The summed E-state index contributed by atoms with van der Waals surface area (Å²) >= 11 is 0. The summed E-state index contributed by atoms with van der Waals surface area (Å²) in [7, 11) is 2.05. The molecule has 206 valence electrons. The number of fused-ring (bicyclic) bond motifs is 4. The molecule has 2 N–H and O–H groups in total. The minimum absolute atomic E-state index is 0.0252. The molecule has 4 aromatic carbocycles. The summed E-state index contributed by atoms with van der Waals surface area (Å²) in [5.41, 5.74) is -3.85. The number of methoxy groups -OCH3 is 2. The van der Waals surface area contributed by atoms with Crippen LogP contribution in [0.25, 0.3) is 11.1 Å². The van der Waals surface area contributed by atoms with Crippen LogP contribution in [0.4, 0.5) is 0 Å². The maximum Gasteiger partial charge on any atom is 0.341 e. The van der Waals surface area contributed by atoms with Crippen LogP contribution in [0.5, 0.6) is 11.5 Å². The minimum atomic E-state index is -1.10. The number of carbonyl (C=O) groups is 6. The second-order valence-electron chi connectivity index (χ2n) is 9.53. The van der Waals surface area contributed by atoms with E-state index in [4.69, 9.17) is 9.47 Å². The van der Waals surface area contributed by atoms with Crippen LogP contribution < -0.4 is 0 Å². The fourth-order valence-electron chi connectivity index (χ4n) is 5.51. The molecule has 0 fully saturated rings. The molecule has 2 aliphatic carbocycles. The van der Waals surface area contributed by atoms with Crippen molar-refractivity contribution in [2.24, 2.45) is 0 Å². The van der Waals surface area contributed by atoms with Gasteiger partial charge in [-0.15, -0.1) is 0 Å². The molecule has 0 aromatic heterocycles. The van der Waals surface area contributed by atoms with Gasteiger partial charge in [-0.25, -0.2) is 9.59 Å². The summed E-state index contributed by atoms with van der Waals surface area (Å²) in [5.74, 6) is -6.93. The van der Waals surface area contributed by atoms with Crippen LogP contribution in [0, 0.1) is 0 Å².